The molecule has 0 radical (unpaired) electrons. The first kappa shape index (κ1) is 17.9. The summed E-state index contributed by atoms with van der Waals surface area (Å²) in [5.41, 5.74) is 0.789. The van der Waals surface area contributed by atoms with E-state index in [2.05, 4.69) is 4.72 Å². The molecule has 0 aliphatic heterocycles. The summed E-state index contributed by atoms with van der Waals surface area (Å²) in [5, 5.41) is 1.31. The molecule has 1 N–H and O–H groups in total. The molecule has 6 heteroatoms. The van der Waals surface area contributed by atoms with Crippen molar-refractivity contribution in [1.82, 2.24) is 0 Å². The summed E-state index contributed by atoms with van der Waals surface area (Å²) in [5.74, 6) is 0.512. The van der Waals surface area contributed by atoms with Gasteiger partial charge in [-0.2, -0.15) is 0 Å². The van der Waals surface area contributed by atoms with Crippen molar-refractivity contribution in [1.29, 1.82) is 0 Å². The van der Waals surface area contributed by atoms with Crippen LogP contribution in [0.25, 0.3) is 10.8 Å². The SMILES string of the molecule is CCOc1ccc(S(=O)(=O)Nc2cccc(C(C)=O)c2)c2ccccc12. The largest absolute Gasteiger partial charge is 0.493 e. The maximum Gasteiger partial charge on any atom is 0.262 e. The number of fused-ring (bicyclic) bond motifs is 1. The van der Waals surface area contributed by atoms with Crippen molar-refractivity contribution >= 4 is 32.3 Å². The average Bonchev–Trinajstić information content (AvgIpc) is 2.62. The number of hydrogen-bond acceptors (Lipinski definition) is 4. The molecule has 134 valence electrons. The number of ether oxygens (including phenoxy) is 1. The molecule has 3 aromatic rings. The molecular weight excluding hydrogens is 350 g/mol. The molecule has 5 nitrogen and oxygen atoms in total. The molecule has 0 fully saturated rings. The number of anilines is 1. The Morgan fingerprint density at radius 3 is 2.42 bits per heavy atom. The number of hydrogen-bond donors (Lipinski definition) is 1. The zero-order chi connectivity index (χ0) is 18.7. The molecule has 3 aromatic carbocycles. The van der Waals surface area contributed by atoms with Crippen LogP contribution in [0.1, 0.15) is 24.2 Å². The quantitative estimate of drug-likeness (QED) is 0.660. The molecule has 0 amide bonds. The zero-order valence-electron chi connectivity index (χ0n) is 14.5. The second-order valence-corrected chi connectivity index (χ2v) is 7.43. The molecule has 0 saturated heterocycles. The van der Waals surface area contributed by atoms with Crippen molar-refractivity contribution in [2.75, 3.05) is 11.3 Å². The molecule has 0 unspecified atom stereocenters. The number of sulfonamides is 1. The highest BCUT2D eigenvalue weighted by Gasteiger charge is 2.19. The molecule has 26 heavy (non-hydrogen) atoms. The Labute approximate surface area is 152 Å². The van der Waals surface area contributed by atoms with E-state index in [1.165, 1.54) is 19.1 Å². The molecule has 0 saturated carbocycles. The van der Waals surface area contributed by atoms with Gasteiger partial charge in [0.2, 0.25) is 0 Å². The number of ketones is 1. The topological polar surface area (TPSA) is 72.5 Å². The van der Waals surface area contributed by atoms with Crippen LogP contribution in [0.5, 0.6) is 5.75 Å². The molecule has 0 heterocycles. The standard InChI is InChI=1S/C20H19NO4S/c1-3-25-19-11-12-20(18-10-5-4-9-17(18)19)26(23,24)21-16-8-6-7-15(13-16)14(2)22/h4-13,21H,3H2,1-2H3. The predicted octanol–water partition coefficient (Wildman–Crippen LogP) is 4.24. The molecule has 0 aromatic heterocycles. The number of Topliss-reactive ketones (excluding diaryl/α,β-unsaturated/α-hetero) is 1. The van der Waals surface area contributed by atoms with Gasteiger partial charge in [0.05, 0.1) is 11.5 Å². The van der Waals surface area contributed by atoms with Gasteiger partial charge in [0, 0.05) is 22.0 Å². The van der Waals surface area contributed by atoms with Gasteiger partial charge in [0.1, 0.15) is 5.75 Å². The smallest absolute Gasteiger partial charge is 0.262 e. The van der Waals surface area contributed by atoms with Crippen molar-refractivity contribution in [3.8, 4) is 5.75 Å². The first-order valence-electron chi connectivity index (χ1n) is 8.21. The number of carbonyl (C=O) groups is 1. The summed E-state index contributed by atoms with van der Waals surface area (Å²) < 4.78 is 34.0. The third-order valence-corrected chi connectivity index (χ3v) is 5.39. The number of benzene rings is 3. The summed E-state index contributed by atoms with van der Waals surface area (Å²) in [4.78, 5) is 11.7. The van der Waals surface area contributed by atoms with E-state index in [-0.39, 0.29) is 10.7 Å². The minimum Gasteiger partial charge on any atom is -0.493 e. The fourth-order valence-electron chi connectivity index (χ4n) is 2.77. The lowest BCUT2D eigenvalue weighted by Gasteiger charge is -2.13. The lowest BCUT2D eigenvalue weighted by atomic mass is 10.1. The average molecular weight is 369 g/mol. The normalized spacial score (nSPS) is 11.3. The second-order valence-electron chi connectivity index (χ2n) is 5.78. The third-order valence-electron chi connectivity index (χ3n) is 3.95. The summed E-state index contributed by atoms with van der Waals surface area (Å²) in [6, 6.07) is 16.8. The maximum absolute atomic E-state index is 12.9. The lowest BCUT2D eigenvalue weighted by Crippen LogP contribution is -2.14. The Morgan fingerprint density at radius 2 is 1.73 bits per heavy atom. The Balaban J connectivity index is 2.06. The number of rotatable bonds is 6. The van der Waals surface area contributed by atoms with Gasteiger partial charge in [-0.25, -0.2) is 8.42 Å². The fraction of sp³-hybridized carbons (Fsp3) is 0.150. The van der Waals surface area contributed by atoms with Gasteiger partial charge in [-0.05, 0) is 38.1 Å². The van der Waals surface area contributed by atoms with Crippen molar-refractivity contribution in [3.63, 3.8) is 0 Å². The van der Waals surface area contributed by atoms with Crippen LogP contribution >= 0.6 is 0 Å². The molecule has 0 aliphatic carbocycles. The first-order valence-corrected chi connectivity index (χ1v) is 9.69. The van der Waals surface area contributed by atoms with E-state index in [0.717, 1.165) is 5.39 Å². The Kier molecular flexibility index (Phi) is 4.95. The summed E-state index contributed by atoms with van der Waals surface area (Å²) >= 11 is 0. The first-order chi connectivity index (χ1) is 12.4. The van der Waals surface area contributed by atoms with Gasteiger partial charge in [-0.3, -0.25) is 9.52 Å². The van der Waals surface area contributed by atoms with E-state index in [4.69, 9.17) is 4.74 Å². The highest BCUT2D eigenvalue weighted by molar-refractivity contribution is 7.93. The fourth-order valence-corrected chi connectivity index (χ4v) is 4.03. The molecule has 0 atom stereocenters. The van der Waals surface area contributed by atoms with Gasteiger partial charge in [0.25, 0.3) is 10.0 Å². The number of nitrogens with one attached hydrogen (secondary N) is 1. The van der Waals surface area contributed by atoms with E-state index in [0.29, 0.717) is 29.0 Å². The summed E-state index contributed by atoms with van der Waals surface area (Å²) in [6.07, 6.45) is 0. The Morgan fingerprint density at radius 1 is 1.00 bits per heavy atom. The van der Waals surface area contributed by atoms with E-state index < -0.39 is 10.0 Å². The van der Waals surface area contributed by atoms with Crippen LogP contribution in [-0.4, -0.2) is 20.8 Å². The van der Waals surface area contributed by atoms with Crippen LogP contribution < -0.4 is 9.46 Å². The van der Waals surface area contributed by atoms with Crippen LogP contribution in [0, 0.1) is 0 Å². The molecule has 0 spiro atoms. The second kappa shape index (κ2) is 7.17. The molecule has 3 rings (SSSR count). The summed E-state index contributed by atoms with van der Waals surface area (Å²) in [7, 11) is -3.83. The molecule has 0 bridgehead atoms. The van der Waals surface area contributed by atoms with Gasteiger partial charge in [-0.1, -0.05) is 36.4 Å². The highest BCUT2D eigenvalue weighted by Crippen LogP contribution is 2.32. The summed E-state index contributed by atoms with van der Waals surface area (Å²) in [6.45, 7) is 3.81. The van der Waals surface area contributed by atoms with Gasteiger partial charge >= 0.3 is 0 Å². The third kappa shape index (κ3) is 3.55. The molecular formula is C20H19NO4S. The predicted molar refractivity (Wildman–Crippen MR) is 102 cm³/mol. The Bertz CT molecular complexity index is 1070. The van der Waals surface area contributed by atoms with E-state index >= 15 is 0 Å². The van der Waals surface area contributed by atoms with Gasteiger partial charge < -0.3 is 4.74 Å². The highest BCUT2D eigenvalue weighted by atomic mass is 32.2. The van der Waals surface area contributed by atoms with Crippen LogP contribution in [0.2, 0.25) is 0 Å². The van der Waals surface area contributed by atoms with Gasteiger partial charge in [-0.15, -0.1) is 0 Å². The lowest BCUT2D eigenvalue weighted by molar-refractivity contribution is 0.101. The van der Waals surface area contributed by atoms with Crippen LogP contribution in [0.4, 0.5) is 5.69 Å². The minimum absolute atomic E-state index is 0.127. The van der Waals surface area contributed by atoms with E-state index in [9.17, 15) is 13.2 Å². The van der Waals surface area contributed by atoms with Crippen molar-refractivity contribution in [2.24, 2.45) is 0 Å². The number of carbonyl (C=O) groups excluding carboxylic acids is 1. The van der Waals surface area contributed by atoms with E-state index in [1.807, 2.05) is 19.1 Å². The van der Waals surface area contributed by atoms with Crippen molar-refractivity contribution < 1.29 is 17.9 Å². The molecule has 0 aliphatic rings. The Hall–Kier alpha value is -2.86. The van der Waals surface area contributed by atoms with Crippen LogP contribution in [-0.2, 0) is 10.0 Å². The zero-order valence-corrected chi connectivity index (χ0v) is 15.3. The van der Waals surface area contributed by atoms with Crippen LogP contribution in [0.15, 0.2) is 65.6 Å². The van der Waals surface area contributed by atoms with Crippen molar-refractivity contribution in [3.05, 3.63) is 66.2 Å². The van der Waals surface area contributed by atoms with E-state index in [1.54, 1.807) is 36.4 Å². The minimum atomic E-state index is -3.83. The monoisotopic (exact) mass is 369 g/mol. The van der Waals surface area contributed by atoms with Crippen molar-refractivity contribution in [2.45, 2.75) is 18.7 Å². The van der Waals surface area contributed by atoms with Gasteiger partial charge in [0.15, 0.2) is 5.78 Å². The van der Waals surface area contributed by atoms with Crippen LogP contribution in [0.3, 0.4) is 0 Å². The maximum atomic E-state index is 12.9.